The number of nitrogens with zero attached hydrogens (tertiary/aromatic N) is 1. The fourth-order valence-electron chi connectivity index (χ4n) is 3.02. The molecule has 24 heavy (non-hydrogen) atoms. The number of rotatable bonds is 6. The third-order valence-corrected chi connectivity index (χ3v) is 4.54. The number of hydrogen-bond acceptors (Lipinski definition) is 3. The first kappa shape index (κ1) is 16.5. The Kier molecular flexibility index (Phi) is 5.16. The van der Waals surface area contributed by atoms with Gasteiger partial charge in [-0.15, -0.1) is 0 Å². The van der Waals surface area contributed by atoms with Crippen LogP contribution in [0.2, 0.25) is 0 Å². The van der Waals surface area contributed by atoms with Crippen LogP contribution in [0.1, 0.15) is 24.5 Å². The van der Waals surface area contributed by atoms with Gasteiger partial charge in [0.1, 0.15) is 5.75 Å². The van der Waals surface area contributed by atoms with E-state index in [1.807, 2.05) is 59.5 Å². The van der Waals surface area contributed by atoms with Crippen molar-refractivity contribution < 1.29 is 14.3 Å². The van der Waals surface area contributed by atoms with Gasteiger partial charge in [0, 0.05) is 6.54 Å². The van der Waals surface area contributed by atoms with Crippen LogP contribution >= 0.6 is 0 Å². The van der Waals surface area contributed by atoms with Crippen LogP contribution < -0.4 is 4.74 Å². The molecule has 1 saturated heterocycles. The van der Waals surface area contributed by atoms with Gasteiger partial charge >= 0.3 is 0 Å². The van der Waals surface area contributed by atoms with Crippen LogP contribution in [0.25, 0.3) is 0 Å². The van der Waals surface area contributed by atoms with Gasteiger partial charge in [0.2, 0.25) is 5.91 Å². The third-order valence-electron chi connectivity index (χ3n) is 4.54. The Hall–Kier alpha value is -2.33. The van der Waals surface area contributed by atoms with Gasteiger partial charge in [-0.05, 0) is 30.2 Å². The van der Waals surface area contributed by atoms with E-state index in [0.717, 1.165) is 16.9 Å². The number of carbonyl (C=O) groups is 1. The monoisotopic (exact) mass is 325 g/mol. The summed E-state index contributed by atoms with van der Waals surface area (Å²) in [6.07, 6.45) is 0.389. The van der Waals surface area contributed by atoms with Crippen molar-refractivity contribution in [2.24, 2.45) is 0 Å². The van der Waals surface area contributed by atoms with E-state index >= 15 is 0 Å². The summed E-state index contributed by atoms with van der Waals surface area (Å²) in [5.41, 5.74) is 2.23. The van der Waals surface area contributed by atoms with Crippen LogP contribution in [-0.2, 0) is 22.7 Å². The Morgan fingerprint density at radius 3 is 2.42 bits per heavy atom. The van der Waals surface area contributed by atoms with Crippen molar-refractivity contribution in [1.29, 1.82) is 0 Å². The maximum Gasteiger partial charge on any atom is 0.225 e. The topological polar surface area (TPSA) is 38.8 Å². The molecule has 1 heterocycles. The van der Waals surface area contributed by atoms with E-state index in [4.69, 9.17) is 9.47 Å². The van der Waals surface area contributed by atoms with Crippen LogP contribution in [0.5, 0.6) is 5.75 Å². The molecular formula is C20H23NO3. The molecule has 0 bridgehead atoms. The Morgan fingerprint density at radius 1 is 1.04 bits per heavy atom. The van der Waals surface area contributed by atoms with Crippen molar-refractivity contribution >= 4 is 5.91 Å². The number of benzene rings is 2. The summed E-state index contributed by atoms with van der Waals surface area (Å²) in [5.74, 6) is 0.972. The van der Waals surface area contributed by atoms with Crippen molar-refractivity contribution in [2.75, 3.05) is 7.11 Å². The largest absolute Gasteiger partial charge is 0.497 e. The van der Waals surface area contributed by atoms with E-state index in [1.54, 1.807) is 7.11 Å². The fourth-order valence-corrected chi connectivity index (χ4v) is 3.02. The zero-order valence-corrected chi connectivity index (χ0v) is 14.1. The van der Waals surface area contributed by atoms with Crippen molar-refractivity contribution in [2.45, 2.75) is 38.6 Å². The summed E-state index contributed by atoms with van der Waals surface area (Å²) in [5, 5.41) is 0. The van der Waals surface area contributed by atoms with Gasteiger partial charge in [-0.3, -0.25) is 4.79 Å². The Labute approximate surface area is 143 Å². The molecule has 0 unspecified atom stereocenters. The Balaban J connectivity index is 1.59. The smallest absolute Gasteiger partial charge is 0.225 e. The lowest BCUT2D eigenvalue weighted by atomic mass is 10.1. The van der Waals surface area contributed by atoms with Crippen molar-refractivity contribution in [1.82, 2.24) is 4.90 Å². The Bertz CT molecular complexity index is 669. The van der Waals surface area contributed by atoms with Gasteiger partial charge in [0.25, 0.3) is 0 Å². The summed E-state index contributed by atoms with van der Waals surface area (Å²) in [4.78, 5) is 14.3. The number of ether oxygens (including phenoxy) is 2. The lowest BCUT2D eigenvalue weighted by Gasteiger charge is -2.25. The standard InChI is InChI=1S/C20H23NO3/c1-15-19(24-14-17-6-4-3-5-7-17)12-20(22)21(15)13-16-8-10-18(23-2)11-9-16/h3-11,15,19H,12-14H2,1-2H3/t15-,19-/m0/s1. The summed E-state index contributed by atoms with van der Waals surface area (Å²) in [6, 6.07) is 18.0. The molecule has 0 aromatic heterocycles. The van der Waals surface area contributed by atoms with Crippen LogP contribution in [-0.4, -0.2) is 30.1 Å². The molecule has 1 aliphatic heterocycles. The van der Waals surface area contributed by atoms with Crippen LogP contribution in [0.15, 0.2) is 54.6 Å². The van der Waals surface area contributed by atoms with Gasteiger partial charge in [0.15, 0.2) is 0 Å². The van der Waals surface area contributed by atoms with Crippen LogP contribution in [0, 0.1) is 0 Å². The molecule has 0 radical (unpaired) electrons. The predicted molar refractivity (Wildman–Crippen MR) is 92.6 cm³/mol. The quantitative estimate of drug-likeness (QED) is 0.817. The second kappa shape index (κ2) is 7.49. The summed E-state index contributed by atoms with van der Waals surface area (Å²) >= 11 is 0. The number of hydrogen-bond donors (Lipinski definition) is 0. The fraction of sp³-hybridized carbons (Fsp3) is 0.350. The van der Waals surface area contributed by atoms with Crippen molar-refractivity contribution in [3.8, 4) is 5.75 Å². The first-order valence-corrected chi connectivity index (χ1v) is 8.25. The number of carbonyl (C=O) groups excluding carboxylic acids is 1. The van der Waals surface area contributed by atoms with Crippen molar-refractivity contribution in [3.05, 3.63) is 65.7 Å². The number of methoxy groups -OCH3 is 1. The molecule has 2 atom stereocenters. The highest BCUT2D eigenvalue weighted by Crippen LogP contribution is 2.25. The highest BCUT2D eigenvalue weighted by atomic mass is 16.5. The Morgan fingerprint density at radius 2 is 1.75 bits per heavy atom. The zero-order valence-electron chi connectivity index (χ0n) is 14.1. The van der Waals surface area contributed by atoms with Gasteiger partial charge in [0.05, 0.1) is 32.3 Å². The molecule has 1 fully saturated rings. The second-order valence-electron chi connectivity index (χ2n) is 6.15. The van der Waals surface area contributed by atoms with E-state index in [2.05, 4.69) is 6.92 Å². The molecule has 1 amide bonds. The first-order valence-electron chi connectivity index (χ1n) is 8.25. The van der Waals surface area contributed by atoms with E-state index in [9.17, 15) is 4.79 Å². The predicted octanol–water partition coefficient (Wildman–Crippen LogP) is 3.40. The molecule has 0 saturated carbocycles. The highest BCUT2D eigenvalue weighted by Gasteiger charge is 2.37. The van der Waals surface area contributed by atoms with E-state index < -0.39 is 0 Å². The van der Waals surface area contributed by atoms with Crippen LogP contribution in [0.4, 0.5) is 0 Å². The van der Waals surface area contributed by atoms with E-state index in [0.29, 0.717) is 19.6 Å². The molecule has 3 rings (SSSR count). The minimum Gasteiger partial charge on any atom is -0.497 e. The average Bonchev–Trinajstić information content (AvgIpc) is 2.89. The van der Waals surface area contributed by atoms with Crippen molar-refractivity contribution in [3.63, 3.8) is 0 Å². The molecule has 126 valence electrons. The lowest BCUT2D eigenvalue weighted by molar-refractivity contribution is -0.129. The second-order valence-corrected chi connectivity index (χ2v) is 6.15. The van der Waals surface area contributed by atoms with Crippen LogP contribution in [0.3, 0.4) is 0 Å². The third kappa shape index (κ3) is 3.77. The molecule has 2 aromatic rings. The summed E-state index contributed by atoms with van der Waals surface area (Å²) in [6.45, 7) is 3.21. The normalized spacial score (nSPS) is 20.4. The van der Waals surface area contributed by atoms with E-state index in [-0.39, 0.29) is 18.1 Å². The first-order chi connectivity index (χ1) is 11.7. The molecular weight excluding hydrogens is 302 g/mol. The number of amides is 1. The number of likely N-dealkylation sites (tertiary alicyclic amines) is 1. The maximum atomic E-state index is 12.4. The highest BCUT2D eigenvalue weighted by molar-refractivity contribution is 5.79. The summed E-state index contributed by atoms with van der Waals surface area (Å²) < 4.78 is 11.2. The zero-order chi connectivity index (χ0) is 16.9. The molecule has 1 aliphatic rings. The van der Waals surface area contributed by atoms with Gasteiger partial charge in [-0.2, -0.15) is 0 Å². The lowest BCUT2D eigenvalue weighted by Crippen LogP contribution is -2.34. The molecule has 2 aromatic carbocycles. The average molecular weight is 325 g/mol. The molecule has 0 N–H and O–H groups in total. The SMILES string of the molecule is COc1ccc(CN2C(=O)C[C@H](OCc3ccccc3)[C@@H]2C)cc1. The maximum absolute atomic E-state index is 12.4. The molecule has 0 spiro atoms. The van der Waals surface area contributed by atoms with Gasteiger partial charge < -0.3 is 14.4 Å². The molecule has 4 nitrogen and oxygen atoms in total. The molecule has 4 heteroatoms. The minimum absolute atomic E-state index is 0.0593. The van der Waals surface area contributed by atoms with E-state index in [1.165, 1.54) is 0 Å². The summed E-state index contributed by atoms with van der Waals surface area (Å²) in [7, 11) is 1.65. The van der Waals surface area contributed by atoms with Gasteiger partial charge in [-0.1, -0.05) is 42.5 Å². The van der Waals surface area contributed by atoms with Gasteiger partial charge in [-0.25, -0.2) is 0 Å². The molecule has 0 aliphatic carbocycles. The minimum atomic E-state index is -0.0593.